The van der Waals surface area contributed by atoms with Gasteiger partial charge in [0.15, 0.2) is 0 Å². The summed E-state index contributed by atoms with van der Waals surface area (Å²) >= 11 is 0. The van der Waals surface area contributed by atoms with Gasteiger partial charge in [-0.15, -0.1) is 0 Å². The summed E-state index contributed by atoms with van der Waals surface area (Å²) in [7, 11) is 0. The van der Waals surface area contributed by atoms with Crippen LogP contribution in [-0.4, -0.2) is 18.5 Å². The van der Waals surface area contributed by atoms with E-state index < -0.39 is 0 Å². The van der Waals surface area contributed by atoms with E-state index in [2.05, 4.69) is 12.2 Å². The molecule has 1 saturated heterocycles. The van der Waals surface area contributed by atoms with Crippen molar-refractivity contribution in [2.24, 2.45) is 11.7 Å². The van der Waals surface area contributed by atoms with Crippen LogP contribution in [0.2, 0.25) is 0 Å². The van der Waals surface area contributed by atoms with Gasteiger partial charge in [0.25, 0.3) is 0 Å². The van der Waals surface area contributed by atoms with Crippen LogP contribution in [-0.2, 0) is 4.79 Å². The lowest BCUT2D eigenvalue weighted by Gasteiger charge is -2.04. The van der Waals surface area contributed by atoms with E-state index in [9.17, 15) is 4.79 Å². The predicted octanol–water partition coefficient (Wildman–Crippen LogP) is 0.250. The lowest BCUT2D eigenvalue weighted by Crippen LogP contribution is -2.36. The number of amides is 1. The van der Waals surface area contributed by atoms with Gasteiger partial charge >= 0.3 is 0 Å². The summed E-state index contributed by atoms with van der Waals surface area (Å²) in [5.74, 6) is 0.459. The van der Waals surface area contributed by atoms with Crippen LogP contribution in [0, 0.1) is 5.92 Å². The SMILES string of the molecule is CCC[C@H]1CN[C@H](C(N)=O)C1. The fourth-order valence-electron chi connectivity index (χ4n) is 1.65. The van der Waals surface area contributed by atoms with Crippen LogP contribution in [0.25, 0.3) is 0 Å². The van der Waals surface area contributed by atoms with Crippen molar-refractivity contribution >= 4 is 5.91 Å². The highest BCUT2D eigenvalue weighted by Crippen LogP contribution is 2.18. The van der Waals surface area contributed by atoms with Gasteiger partial charge in [-0.05, 0) is 25.3 Å². The summed E-state index contributed by atoms with van der Waals surface area (Å²) in [4.78, 5) is 10.7. The first kappa shape index (κ1) is 8.53. The van der Waals surface area contributed by atoms with Gasteiger partial charge in [0.1, 0.15) is 0 Å². The Kier molecular flexibility index (Phi) is 2.88. The average Bonchev–Trinajstić information content (AvgIpc) is 2.37. The van der Waals surface area contributed by atoms with Crippen LogP contribution in [0.15, 0.2) is 0 Å². The summed E-state index contributed by atoms with van der Waals surface area (Å²) in [6.07, 6.45) is 3.33. The molecule has 0 aromatic carbocycles. The zero-order chi connectivity index (χ0) is 8.27. The van der Waals surface area contributed by atoms with Gasteiger partial charge in [-0.2, -0.15) is 0 Å². The van der Waals surface area contributed by atoms with Gasteiger partial charge in [-0.3, -0.25) is 4.79 Å². The second kappa shape index (κ2) is 3.72. The monoisotopic (exact) mass is 156 g/mol. The molecule has 0 spiro atoms. The highest BCUT2D eigenvalue weighted by atomic mass is 16.1. The van der Waals surface area contributed by atoms with Crippen LogP contribution in [0.5, 0.6) is 0 Å². The second-order valence-corrected chi connectivity index (χ2v) is 3.25. The number of carbonyl (C=O) groups excluding carboxylic acids is 1. The van der Waals surface area contributed by atoms with E-state index in [0.29, 0.717) is 5.92 Å². The molecular weight excluding hydrogens is 140 g/mol. The largest absolute Gasteiger partial charge is 0.368 e. The minimum atomic E-state index is -0.205. The quantitative estimate of drug-likeness (QED) is 0.615. The van der Waals surface area contributed by atoms with Crippen molar-refractivity contribution in [1.82, 2.24) is 5.32 Å². The molecule has 3 nitrogen and oxygen atoms in total. The fourth-order valence-corrected chi connectivity index (χ4v) is 1.65. The van der Waals surface area contributed by atoms with E-state index in [4.69, 9.17) is 5.73 Å². The van der Waals surface area contributed by atoms with Gasteiger partial charge in [-0.25, -0.2) is 0 Å². The number of hydrogen-bond donors (Lipinski definition) is 2. The third-order valence-electron chi connectivity index (χ3n) is 2.26. The van der Waals surface area contributed by atoms with E-state index in [0.717, 1.165) is 13.0 Å². The molecule has 1 aliphatic rings. The van der Waals surface area contributed by atoms with Gasteiger partial charge in [0, 0.05) is 0 Å². The maximum atomic E-state index is 10.7. The summed E-state index contributed by atoms with van der Waals surface area (Å²) in [5, 5.41) is 3.12. The summed E-state index contributed by atoms with van der Waals surface area (Å²) in [6, 6.07) is -0.0634. The molecule has 64 valence electrons. The van der Waals surface area contributed by atoms with Crippen molar-refractivity contribution in [2.45, 2.75) is 32.2 Å². The minimum Gasteiger partial charge on any atom is -0.368 e. The summed E-state index contributed by atoms with van der Waals surface area (Å²) in [6.45, 7) is 3.12. The Morgan fingerprint density at radius 1 is 1.73 bits per heavy atom. The number of nitrogens with one attached hydrogen (secondary N) is 1. The summed E-state index contributed by atoms with van der Waals surface area (Å²) in [5.41, 5.74) is 5.15. The Bertz CT molecular complexity index is 147. The van der Waals surface area contributed by atoms with E-state index in [1.54, 1.807) is 0 Å². The van der Waals surface area contributed by atoms with Gasteiger partial charge in [-0.1, -0.05) is 13.3 Å². The lowest BCUT2D eigenvalue weighted by atomic mass is 10.0. The van der Waals surface area contributed by atoms with E-state index >= 15 is 0 Å². The number of nitrogens with two attached hydrogens (primary N) is 1. The van der Waals surface area contributed by atoms with Crippen molar-refractivity contribution < 1.29 is 4.79 Å². The molecule has 0 aromatic heterocycles. The lowest BCUT2D eigenvalue weighted by molar-refractivity contribution is -0.119. The van der Waals surface area contributed by atoms with Crippen LogP contribution in [0.3, 0.4) is 0 Å². The van der Waals surface area contributed by atoms with Crippen LogP contribution in [0.1, 0.15) is 26.2 Å². The molecule has 1 heterocycles. The maximum Gasteiger partial charge on any atom is 0.234 e. The fraction of sp³-hybridized carbons (Fsp3) is 0.875. The smallest absolute Gasteiger partial charge is 0.234 e. The average molecular weight is 156 g/mol. The Morgan fingerprint density at radius 2 is 2.45 bits per heavy atom. The van der Waals surface area contributed by atoms with Gasteiger partial charge in [0.2, 0.25) is 5.91 Å². The Hall–Kier alpha value is -0.570. The highest BCUT2D eigenvalue weighted by molar-refractivity contribution is 5.80. The minimum absolute atomic E-state index is 0.0634. The topological polar surface area (TPSA) is 55.1 Å². The molecule has 0 aliphatic carbocycles. The Balaban J connectivity index is 2.29. The van der Waals surface area contributed by atoms with Crippen molar-refractivity contribution in [1.29, 1.82) is 0 Å². The molecule has 11 heavy (non-hydrogen) atoms. The zero-order valence-corrected chi connectivity index (χ0v) is 6.97. The molecule has 3 N–H and O–H groups in total. The standard InChI is InChI=1S/C8H16N2O/c1-2-3-6-4-7(8(9)11)10-5-6/h6-7,10H,2-5H2,1H3,(H2,9,11)/t6-,7+/m1/s1. The van der Waals surface area contributed by atoms with Gasteiger partial charge < -0.3 is 11.1 Å². The van der Waals surface area contributed by atoms with Crippen molar-refractivity contribution in [2.75, 3.05) is 6.54 Å². The first-order valence-electron chi connectivity index (χ1n) is 4.26. The Labute approximate surface area is 67.3 Å². The van der Waals surface area contributed by atoms with Crippen molar-refractivity contribution in [3.63, 3.8) is 0 Å². The van der Waals surface area contributed by atoms with Gasteiger partial charge in [0.05, 0.1) is 6.04 Å². The van der Waals surface area contributed by atoms with Crippen LogP contribution < -0.4 is 11.1 Å². The molecule has 1 aliphatic heterocycles. The second-order valence-electron chi connectivity index (χ2n) is 3.25. The number of hydrogen-bond acceptors (Lipinski definition) is 2. The first-order valence-corrected chi connectivity index (χ1v) is 4.26. The number of primary amides is 1. The number of rotatable bonds is 3. The molecule has 1 amide bonds. The third kappa shape index (κ3) is 2.19. The van der Waals surface area contributed by atoms with Crippen molar-refractivity contribution in [3.05, 3.63) is 0 Å². The molecule has 1 fully saturated rings. The molecule has 3 heteroatoms. The van der Waals surface area contributed by atoms with Crippen molar-refractivity contribution in [3.8, 4) is 0 Å². The van der Waals surface area contributed by atoms with E-state index in [-0.39, 0.29) is 11.9 Å². The zero-order valence-electron chi connectivity index (χ0n) is 6.97. The Morgan fingerprint density at radius 3 is 2.91 bits per heavy atom. The predicted molar refractivity (Wildman–Crippen MR) is 44.0 cm³/mol. The van der Waals surface area contributed by atoms with E-state index in [1.807, 2.05) is 0 Å². The normalized spacial score (nSPS) is 30.6. The molecule has 1 rings (SSSR count). The third-order valence-corrected chi connectivity index (χ3v) is 2.26. The van der Waals surface area contributed by atoms with Crippen LogP contribution >= 0.6 is 0 Å². The molecule has 2 atom stereocenters. The molecule has 0 radical (unpaired) electrons. The van der Waals surface area contributed by atoms with E-state index in [1.165, 1.54) is 12.8 Å². The molecule has 0 saturated carbocycles. The molecular formula is C8H16N2O. The molecule has 0 unspecified atom stereocenters. The maximum absolute atomic E-state index is 10.7. The first-order chi connectivity index (χ1) is 5.24. The molecule has 0 bridgehead atoms. The highest BCUT2D eigenvalue weighted by Gasteiger charge is 2.26. The summed E-state index contributed by atoms with van der Waals surface area (Å²) < 4.78 is 0. The van der Waals surface area contributed by atoms with Crippen LogP contribution in [0.4, 0.5) is 0 Å². The number of carbonyl (C=O) groups is 1. The molecule has 0 aromatic rings.